The molecule has 0 heterocycles. The second-order valence-electron chi connectivity index (χ2n) is 6.70. The molecule has 0 aromatic heterocycles. The first kappa shape index (κ1) is 26.0. The molecule has 2 N–H and O–H groups in total. The van der Waals surface area contributed by atoms with E-state index in [0.717, 1.165) is 18.4 Å². The zero-order chi connectivity index (χ0) is 21.4. The lowest BCUT2D eigenvalue weighted by Gasteiger charge is -2.06. The molecule has 0 aliphatic rings. The Morgan fingerprint density at radius 1 is 0.821 bits per heavy atom. The standard InChI is InChI=1S/C19H30O2.C2HF3O2/c1-2-3-4-5-6-7-8-9-10-11-14-17-15-12-13-16-18(17)19(20)21;3-2(4,5)1(6)7/h12-13,15-16H,2-11,14H2,1H3,(H,20,21);(H,6,7). The van der Waals surface area contributed by atoms with Crippen LogP contribution < -0.4 is 0 Å². The Morgan fingerprint density at radius 3 is 1.68 bits per heavy atom. The summed E-state index contributed by atoms with van der Waals surface area (Å²) >= 11 is 0. The molecule has 28 heavy (non-hydrogen) atoms. The number of rotatable bonds is 12. The molecule has 0 saturated carbocycles. The number of benzene rings is 1. The van der Waals surface area contributed by atoms with Crippen molar-refractivity contribution in [2.24, 2.45) is 0 Å². The number of aryl methyl sites for hydroxylation is 1. The minimum atomic E-state index is -5.08. The monoisotopic (exact) mass is 404 g/mol. The first-order valence-electron chi connectivity index (χ1n) is 9.81. The van der Waals surface area contributed by atoms with Gasteiger partial charge >= 0.3 is 18.1 Å². The lowest BCUT2D eigenvalue weighted by atomic mass is 10.00. The molecular formula is C21H31F3O4. The van der Waals surface area contributed by atoms with Crippen molar-refractivity contribution in [3.8, 4) is 0 Å². The summed E-state index contributed by atoms with van der Waals surface area (Å²) in [6, 6.07) is 7.37. The van der Waals surface area contributed by atoms with Gasteiger partial charge in [0, 0.05) is 0 Å². The number of halogens is 3. The Bertz CT molecular complexity index is 571. The number of hydrogen-bond acceptors (Lipinski definition) is 2. The van der Waals surface area contributed by atoms with E-state index in [1.165, 1.54) is 57.8 Å². The summed E-state index contributed by atoms with van der Waals surface area (Å²) in [4.78, 5) is 20.0. The molecule has 1 rings (SSSR count). The maximum absolute atomic E-state index is 11.1. The summed E-state index contributed by atoms with van der Waals surface area (Å²) in [5.74, 6) is -3.56. The summed E-state index contributed by atoms with van der Waals surface area (Å²) in [6.45, 7) is 2.25. The second-order valence-corrected chi connectivity index (χ2v) is 6.70. The number of carbonyl (C=O) groups is 2. The Hall–Kier alpha value is -2.05. The first-order chi connectivity index (χ1) is 13.2. The SMILES string of the molecule is CCCCCCCCCCCCc1ccccc1C(=O)O.O=C(O)C(F)(F)F. The summed E-state index contributed by atoms with van der Waals surface area (Å²) in [5, 5.41) is 16.3. The highest BCUT2D eigenvalue weighted by Gasteiger charge is 2.38. The molecule has 0 spiro atoms. The molecule has 0 amide bonds. The van der Waals surface area contributed by atoms with Gasteiger partial charge in [-0.2, -0.15) is 13.2 Å². The van der Waals surface area contributed by atoms with E-state index >= 15 is 0 Å². The van der Waals surface area contributed by atoms with Gasteiger partial charge in [-0.15, -0.1) is 0 Å². The smallest absolute Gasteiger partial charge is 0.478 e. The van der Waals surface area contributed by atoms with Crippen LogP contribution in [-0.2, 0) is 11.2 Å². The number of unbranched alkanes of at least 4 members (excludes halogenated alkanes) is 9. The van der Waals surface area contributed by atoms with Gasteiger partial charge in [-0.3, -0.25) is 0 Å². The lowest BCUT2D eigenvalue weighted by molar-refractivity contribution is -0.192. The maximum Gasteiger partial charge on any atom is 0.490 e. The average Bonchev–Trinajstić information content (AvgIpc) is 2.63. The van der Waals surface area contributed by atoms with E-state index in [-0.39, 0.29) is 0 Å². The normalized spacial score (nSPS) is 10.9. The molecule has 0 fully saturated rings. The summed E-state index contributed by atoms with van der Waals surface area (Å²) in [5.41, 5.74) is 1.44. The first-order valence-corrected chi connectivity index (χ1v) is 9.81. The van der Waals surface area contributed by atoms with Crippen molar-refractivity contribution in [2.45, 2.75) is 83.7 Å². The van der Waals surface area contributed by atoms with Crippen LogP contribution in [0.15, 0.2) is 24.3 Å². The molecule has 160 valence electrons. The molecule has 0 saturated heterocycles. The third-order valence-corrected chi connectivity index (χ3v) is 4.29. The minimum absolute atomic E-state index is 0.466. The van der Waals surface area contributed by atoms with Crippen molar-refractivity contribution in [3.63, 3.8) is 0 Å². The van der Waals surface area contributed by atoms with Gasteiger partial charge in [-0.05, 0) is 24.5 Å². The third-order valence-electron chi connectivity index (χ3n) is 4.29. The van der Waals surface area contributed by atoms with E-state index < -0.39 is 18.1 Å². The molecule has 0 unspecified atom stereocenters. The van der Waals surface area contributed by atoms with Gasteiger partial charge in [0.25, 0.3) is 0 Å². The van der Waals surface area contributed by atoms with Crippen molar-refractivity contribution in [1.82, 2.24) is 0 Å². The van der Waals surface area contributed by atoms with Gasteiger partial charge < -0.3 is 10.2 Å². The molecule has 0 aliphatic heterocycles. The van der Waals surface area contributed by atoms with E-state index in [1.54, 1.807) is 12.1 Å². The average molecular weight is 404 g/mol. The van der Waals surface area contributed by atoms with Gasteiger partial charge in [0.15, 0.2) is 0 Å². The van der Waals surface area contributed by atoms with Gasteiger partial charge in [-0.25, -0.2) is 9.59 Å². The second kappa shape index (κ2) is 14.9. The number of aliphatic carboxylic acids is 1. The number of alkyl halides is 3. The highest BCUT2D eigenvalue weighted by Crippen LogP contribution is 2.15. The van der Waals surface area contributed by atoms with E-state index in [2.05, 4.69) is 6.92 Å². The number of carboxylic acid groups (broad SMARTS) is 2. The van der Waals surface area contributed by atoms with Crippen LogP contribution in [0.3, 0.4) is 0 Å². The van der Waals surface area contributed by atoms with Crippen LogP contribution in [0.4, 0.5) is 13.2 Å². The highest BCUT2D eigenvalue weighted by molar-refractivity contribution is 5.89. The summed E-state index contributed by atoms with van der Waals surface area (Å²) in [6.07, 6.45) is 8.93. The fourth-order valence-corrected chi connectivity index (χ4v) is 2.75. The largest absolute Gasteiger partial charge is 0.490 e. The van der Waals surface area contributed by atoms with Crippen molar-refractivity contribution in [2.75, 3.05) is 0 Å². The molecule has 0 aliphatic carbocycles. The fraction of sp³-hybridized carbons (Fsp3) is 0.619. The number of carboxylic acids is 2. The van der Waals surface area contributed by atoms with Crippen LogP contribution in [0.25, 0.3) is 0 Å². The summed E-state index contributed by atoms with van der Waals surface area (Å²) in [7, 11) is 0. The van der Waals surface area contributed by atoms with E-state index in [4.69, 9.17) is 15.0 Å². The van der Waals surface area contributed by atoms with Crippen LogP contribution in [-0.4, -0.2) is 28.3 Å². The summed E-state index contributed by atoms with van der Waals surface area (Å²) < 4.78 is 31.7. The van der Waals surface area contributed by atoms with Crippen molar-refractivity contribution in [3.05, 3.63) is 35.4 Å². The Labute approximate surface area is 164 Å². The van der Waals surface area contributed by atoms with E-state index in [0.29, 0.717) is 5.56 Å². The number of aromatic carboxylic acids is 1. The van der Waals surface area contributed by atoms with Crippen LogP contribution >= 0.6 is 0 Å². The minimum Gasteiger partial charge on any atom is -0.478 e. The van der Waals surface area contributed by atoms with E-state index in [9.17, 15) is 18.0 Å². The van der Waals surface area contributed by atoms with E-state index in [1.807, 2.05) is 12.1 Å². The Balaban J connectivity index is 0.000000887. The number of hydrogen-bond donors (Lipinski definition) is 2. The predicted octanol–water partition coefficient (Wildman–Crippen LogP) is 6.48. The molecule has 7 heteroatoms. The fourth-order valence-electron chi connectivity index (χ4n) is 2.75. The molecule has 0 atom stereocenters. The van der Waals surface area contributed by atoms with Gasteiger partial charge in [0.2, 0.25) is 0 Å². The molecular weight excluding hydrogens is 373 g/mol. The third kappa shape index (κ3) is 13.2. The lowest BCUT2D eigenvalue weighted by Crippen LogP contribution is -2.21. The molecule has 1 aromatic rings. The van der Waals surface area contributed by atoms with Gasteiger partial charge in [0.1, 0.15) is 0 Å². The Morgan fingerprint density at radius 2 is 1.25 bits per heavy atom. The molecule has 1 aromatic carbocycles. The van der Waals surface area contributed by atoms with Crippen LogP contribution in [0.1, 0.15) is 87.1 Å². The zero-order valence-corrected chi connectivity index (χ0v) is 16.4. The van der Waals surface area contributed by atoms with Crippen LogP contribution in [0.5, 0.6) is 0 Å². The molecule has 4 nitrogen and oxygen atoms in total. The molecule has 0 radical (unpaired) electrons. The van der Waals surface area contributed by atoms with Crippen molar-refractivity contribution in [1.29, 1.82) is 0 Å². The molecule has 0 bridgehead atoms. The van der Waals surface area contributed by atoms with Gasteiger partial charge in [0.05, 0.1) is 5.56 Å². The topological polar surface area (TPSA) is 74.6 Å². The van der Waals surface area contributed by atoms with Crippen LogP contribution in [0, 0.1) is 0 Å². The Kier molecular flexibility index (Phi) is 13.8. The maximum atomic E-state index is 11.1. The zero-order valence-electron chi connectivity index (χ0n) is 16.4. The van der Waals surface area contributed by atoms with Gasteiger partial charge in [-0.1, -0.05) is 82.9 Å². The quantitative estimate of drug-likeness (QED) is 0.391. The van der Waals surface area contributed by atoms with Crippen LogP contribution in [0.2, 0.25) is 0 Å². The predicted molar refractivity (Wildman–Crippen MR) is 103 cm³/mol. The van der Waals surface area contributed by atoms with Crippen molar-refractivity contribution < 1.29 is 33.0 Å². The van der Waals surface area contributed by atoms with Crippen molar-refractivity contribution >= 4 is 11.9 Å². The highest BCUT2D eigenvalue weighted by atomic mass is 19.4.